The number of unbranched alkanes of at least 4 members (excludes halogenated alkanes) is 1. The maximum Gasteiger partial charge on any atom is 0.317 e. The summed E-state index contributed by atoms with van der Waals surface area (Å²) in [5.41, 5.74) is -1.05. The Balaban J connectivity index is 4.48. The summed E-state index contributed by atoms with van der Waals surface area (Å²) in [4.78, 5) is 23.7. The summed E-state index contributed by atoms with van der Waals surface area (Å²) in [6, 6.07) is 0. The minimum Gasteiger partial charge on any atom is -0.458 e. The van der Waals surface area contributed by atoms with Gasteiger partial charge in [-0.3, -0.25) is 9.59 Å². The monoisotopic (exact) mass is 470 g/mol. The molecule has 0 unspecified atom stereocenters. The normalized spacial score (nSPS) is 12.2. The van der Waals surface area contributed by atoms with Crippen LogP contribution in [0.1, 0.15) is 72.6 Å². The van der Waals surface area contributed by atoms with E-state index in [4.69, 9.17) is 9.47 Å². The van der Waals surface area contributed by atoms with E-state index in [1.54, 1.807) is 0 Å². The first-order valence-electron chi connectivity index (χ1n) is 8.90. The SMILES string of the molecule is CCC(CC)(CCCCOC(CC)(CC)C(=O)CBr)OC(=O)CBr. The van der Waals surface area contributed by atoms with Crippen LogP contribution in [0, 0.1) is 0 Å². The lowest BCUT2D eigenvalue weighted by atomic mass is 9.90. The number of hydrogen-bond donors (Lipinski definition) is 0. The van der Waals surface area contributed by atoms with Gasteiger partial charge in [0, 0.05) is 6.61 Å². The van der Waals surface area contributed by atoms with Crippen molar-refractivity contribution in [1.82, 2.24) is 0 Å². The number of rotatable bonds is 14. The first-order valence-corrected chi connectivity index (χ1v) is 11.1. The lowest BCUT2D eigenvalue weighted by Crippen LogP contribution is -2.41. The lowest BCUT2D eigenvalue weighted by molar-refractivity contribution is -0.158. The molecular weight excluding hydrogens is 440 g/mol. The number of carbonyl (C=O) groups excluding carboxylic acids is 2. The molecule has 0 amide bonds. The zero-order chi connectivity index (χ0) is 18.6. The van der Waals surface area contributed by atoms with Gasteiger partial charge in [-0.2, -0.15) is 0 Å². The maximum absolute atomic E-state index is 12.1. The van der Waals surface area contributed by atoms with E-state index >= 15 is 0 Å². The van der Waals surface area contributed by atoms with Gasteiger partial charge >= 0.3 is 5.97 Å². The Bertz CT molecular complexity index is 377. The Labute approximate surface area is 163 Å². The Morgan fingerprint density at radius 1 is 0.875 bits per heavy atom. The number of alkyl halides is 2. The molecule has 0 aliphatic heterocycles. The van der Waals surface area contributed by atoms with Gasteiger partial charge in [0.15, 0.2) is 5.78 Å². The first kappa shape index (κ1) is 24.1. The zero-order valence-electron chi connectivity index (χ0n) is 15.5. The van der Waals surface area contributed by atoms with Gasteiger partial charge in [-0.1, -0.05) is 59.6 Å². The van der Waals surface area contributed by atoms with Gasteiger partial charge in [0.05, 0.1) is 5.33 Å². The molecule has 0 radical (unpaired) electrons. The van der Waals surface area contributed by atoms with Gasteiger partial charge in [0.1, 0.15) is 16.5 Å². The number of ketones is 1. The van der Waals surface area contributed by atoms with Crippen LogP contribution in [0.3, 0.4) is 0 Å². The Kier molecular flexibility index (Phi) is 12.5. The molecule has 24 heavy (non-hydrogen) atoms. The molecule has 0 saturated carbocycles. The van der Waals surface area contributed by atoms with Crippen molar-refractivity contribution >= 4 is 43.6 Å². The molecule has 0 N–H and O–H groups in total. The third kappa shape index (κ3) is 7.12. The van der Waals surface area contributed by atoms with Gasteiger partial charge in [0.25, 0.3) is 0 Å². The highest BCUT2D eigenvalue weighted by Gasteiger charge is 2.35. The second-order valence-corrected chi connectivity index (χ2v) is 7.18. The summed E-state index contributed by atoms with van der Waals surface area (Å²) in [5.74, 6) is -0.107. The van der Waals surface area contributed by atoms with Crippen molar-refractivity contribution in [2.45, 2.75) is 83.8 Å². The lowest BCUT2D eigenvalue weighted by Gasteiger charge is -2.32. The molecule has 0 aromatic carbocycles. The molecule has 0 saturated heterocycles. The van der Waals surface area contributed by atoms with Crippen molar-refractivity contribution in [1.29, 1.82) is 0 Å². The second kappa shape index (κ2) is 12.4. The molecule has 0 fully saturated rings. The van der Waals surface area contributed by atoms with Gasteiger partial charge in [0.2, 0.25) is 0 Å². The van der Waals surface area contributed by atoms with E-state index in [-0.39, 0.29) is 22.7 Å². The van der Waals surface area contributed by atoms with E-state index < -0.39 is 5.60 Å². The maximum atomic E-state index is 12.1. The van der Waals surface area contributed by atoms with E-state index in [1.807, 2.05) is 13.8 Å². The van der Waals surface area contributed by atoms with Crippen molar-refractivity contribution in [2.24, 2.45) is 0 Å². The number of halogens is 2. The standard InChI is InChI=1S/C18H32Br2O4/c1-5-17(6-2,24-16(22)14-20)11-9-10-12-23-18(7-3,8-4)15(21)13-19/h5-14H2,1-4H3. The first-order chi connectivity index (χ1) is 11.4. The van der Waals surface area contributed by atoms with E-state index in [9.17, 15) is 9.59 Å². The fraction of sp³-hybridized carbons (Fsp3) is 0.889. The average Bonchev–Trinajstić information content (AvgIpc) is 2.63. The summed E-state index contributed by atoms with van der Waals surface area (Å²) in [6.45, 7) is 8.63. The molecule has 0 aliphatic rings. The van der Waals surface area contributed by atoms with Crippen LogP contribution in [0.4, 0.5) is 0 Å². The fourth-order valence-corrected chi connectivity index (χ4v) is 3.56. The molecule has 4 nitrogen and oxygen atoms in total. The van der Waals surface area contributed by atoms with Crippen LogP contribution < -0.4 is 0 Å². The predicted molar refractivity (Wildman–Crippen MR) is 105 cm³/mol. The van der Waals surface area contributed by atoms with Gasteiger partial charge in [-0.25, -0.2) is 0 Å². The highest BCUT2D eigenvalue weighted by Crippen LogP contribution is 2.28. The number of carbonyl (C=O) groups is 2. The summed E-state index contributed by atoms with van der Waals surface area (Å²) in [7, 11) is 0. The Hall–Kier alpha value is 0.0600. The Morgan fingerprint density at radius 2 is 1.46 bits per heavy atom. The fourth-order valence-electron chi connectivity index (χ4n) is 2.94. The van der Waals surface area contributed by atoms with Crippen molar-refractivity contribution in [3.63, 3.8) is 0 Å². The summed E-state index contributed by atoms with van der Waals surface area (Å²) >= 11 is 6.39. The van der Waals surface area contributed by atoms with Crippen molar-refractivity contribution in [2.75, 3.05) is 17.3 Å². The Morgan fingerprint density at radius 3 is 1.88 bits per heavy atom. The number of ether oxygens (including phenoxy) is 2. The van der Waals surface area contributed by atoms with Crippen LogP contribution >= 0.6 is 31.9 Å². The van der Waals surface area contributed by atoms with Crippen LogP contribution in [-0.2, 0) is 19.1 Å². The predicted octanol–water partition coefficient (Wildman–Crippen LogP) is 5.19. The van der Waals surface area contributed by atoms with Crippen molar-refractivity contribution in [3.8, 4) is 0 Å². The quantitative estimate of drug-likeness (QED) is 0.198. The molecule has 0 rings (SSSR count). The summed E-state index contributed by atoms with van der Waals surface area (Å²) < 4.78 is 11.6. The van der Waals surface area contributed by atoms with Crippen LogP contribution in [-0.4, -0.2) is 40.2 Å². The van der Waals surface area contributed by atoms with Gasteiger partial charge in [-0.05, 0) is 44.9 Å². The molecule has 0 atom stereocenters. The van der Waals surface area contributed by atoms with E-state index in [2.05, 4.69) is 45.7 Å². The zero-order valence-corrected chi connectivity index (χ0v) is 18.6. The molecule has 0 aromatic heterocycles. The number of hydrogen-bond acceptors (Lipinski definition) is 4. The minimum atomic E-state index is -0.668. The smallest absolute Gasteiger partial charge is 0.317 e. The molecular formula is C18H32Br2O4. The minimum absolute atomic E-state index is 0.107. The second-order valence-electron chi connectivity index (χ2n) is 6.06. The molecule has 6 heteroatoms. The van der Waals surface area contributed by atoms with Gasteiger partial charge in [-0.15, -0.1) is 0 Å². The van der Waals surface area contributed by atoms with Crippen molar-refractivity contribution in [3.05, 3.63) is 0 Å². The number of Topliss-reactive ketones (excluding diaryl/α,β-unsaturated/α-hetero) is 1. The molecule has 0 bridgehead atoms. The summed E-state index contributed by atoms with van der Waals surface area (Å²) in [5, 5.41) is 0.550. The molecule has 0 heterocycles. The molecule has 142 valence electrons. The van der Waals surface area contributed by atoms with Crippen LogP contribution in [0.2, 0.25) is 0 Å². The third-order valence-electron chi connectivity index (χ3n) is 4.90. The molecule has 0 spiro atoms. The van der Waals surface area contributed by atoms with Gasteiger partial charge < -0.3 is 9.47 Å². The topological polar surface area (TPSA) is 52.6 Å². The van der Waals surface area contributed by atoms with Crippen LogP contribution in [0.25, 0.3) is 0 Å². The van der Waals surface area contributed by atoms with E-state index in [0.717, 1.165) is 32.1 Å². The van der Waals surface area contributed by atoms with Crippen LogP contribution in [0.15, 0.2) is 0 Å². The van der Waals surface area contributed by atoms with Crippen LogP contribution in [0.5, 0.6) is 0 Å². The largest absolute Gasteiger partial charge is 0.458 e. The highest BCUT2D eigenvalue weighted by atomic mass is 79.9. The molecule has 0 aromatic rings. The van der Waals surface area contributed by atoms with E-state index in [0.29, 0.717) is 24.8 Å². The van der Waals surface area contributed by atoms with E-state index in [1.165, 1.54) is 0 Å². The average molecular weight is 472 g/mol. The third-order valence-corrected chi connectivity index (χ3v) is 5.87. The van der Waals surface area contributed by atoms with Crippen molar-refractivity contribution < 1.29 is 19.1 Å². The highest BCUT2D eigenvalue weighted by molar-refractivity contribution is 9.09. The summed E-state index contributed by atoms with van der Waals surface area (Å²) in [6.07, 6.45) is 5.56. The number of esters is 1. The molecule has 0 aliphatic carbocycles.